The van der Waals surface area contributed by atoms with Crippen LogP contribution in [0.15, 0.2) is 49.8 Å². The number of hydrogen-bond acceptors (Lipinski definition) is 0. The third-order valence-corrected chi connectivity index (χ3v) is 11.0. The van der Waals surface area contributed by atoms with E-state index in [1.54, 1.807) is 25.6 Å². The van der Waals surface area contributed by atoms with Crippen molar-refractivity contribution in [1.29, 1.82) is 0 Å². The first-order valence-electron chi connectivity index (χ1n) is 7.81. The van der Waals surface area contributed by atoms with Crippen molar-refractivity contribution >= 4 is 6.08 Å². The van der Waals surface area contributed by atoms with Gasteiger partial charge in [-0.3, -0.25) is 0 Å². The Balaban J connectivity index is 1.97. The first-order chi connectivity index (χ1) is 9.86. The zero-order valence-electron chi connectivity index (χ0n) is 14.0. The number of allylic oxidation sites excluding steroid dienone is 5. The molecule has 0 aliphatic heterocycles. The second kappa shape index (κ2) is 5.20. The molecule has 2 aliphatic rings. The van der Waals surface area contributed by atoms with E-state index in [-0.39, 0.29) is 0 Å². The van der Waals surface area contributed by atoms with Gasteiger partial charge in [0, 0.05) is 0 Å². The SMILES string of the molecule is CC1=C(C)[C](C)([Zr+2][C]2=Cc3ccccc3C2C)C(C)=C1C. The zero-order valence-corrected chi connectivity index (χ0v) is 16.4. The van der Waals surface area contributed by atoms with Crippen molar-refractivity contribution in [3.05, 3.63) is 61.0 Å². The molecule has 1 unspecified atom stereocenters. The standard InChI is InChI=1S/C10H9.C10H15.Zr/c1-8-6-7-9-4-2-3-5-10(8)9;1-6-7(2)9(4)10(5)8(6)3;/h2-5,7-8H,1H3;1-5H3;/q;;+2. The molecule has 0 N–H and O–H groups in total. The van der Waals surface area contributed by atoms with Crippen LogP contribution in [0.5, 0.6) is 0 Å². The van der Waals surface area contributed by atoms with E-state index in [9.17, 15) is 0 Å². The summed E-state index contributed by atoms with van der Waals surface area (Å²) in [7, 11) is 0. The summed E-state index contributed by atoms with van der Waals surface area (Å²) in [5.41, 5.74) is 9.34. The van der Waals surface area contributed by atoms with Crippen LogP contribution in [0.1, 0.15) is 58.6 Å². The van der Waals surface area contributed by atoms with Gasteiger partial charge in [-0.25, -0.2) is 0 Å². The molecule has 0 fully saturated rings. The van der Waals surface area contributed by atoms with E-state index in [4.69, 9.17) is 0 Å². The Morgan fingerprint density at radius 3 is 2.10 bits per heavy atom. The van der Waals surface area contributed by atoms with Gasteiger partial charge in [0.2, 0.25) is 0 Å². The maximum atomic E-state index is 2.50. The van der Waals surface area contributed by atoms with E-state index in [0.29, 0.717) is 9.04 Å². The Morgan fingerprint density at radius 1 is 0.952 bits per heavy atom. The Kier molecular flexibility index (Phi) is 3.77. The normalized spacial score (nSPS) is 23.3. The molecule has 21 heavy (non-hydrogen) atoms. The predicted octanol–water partition coefficient (Wildman–Crippen LogP) is 6.09. The van der Waals surface area contributed by atoms with Crippen LogP contribution < -0.4 is 0 Å². The van der Waals surface area contributed by atoms with Gasteiger partial charge in [0.25, 0.3) is 0 Å². The summed E-state index contributed by atoms with van der Waals surface area (Å²) >= 11 is -0.694. The van der Waals surface area contributed by atoms with Crippen molar-refractivity contribution in [3.8, 4) is 0 Å². The molecule has 2 aliphatic carbocycles. The third kappa shape index (κ3) is 2.20. The quantitative estimate of drug-likeness (QED) is 0.602. The van der Waals surface area contributed by atoms with Crippen LogP contribution in [0, 0.1) is 0 Å². The number of hydrogen-bond donors (Lipinski definition) is 0. The van der Waals surface area contributed by atoms with Gasteiger partial charge >= 0.3 is 141 Å². The zero-order chi connectivity index (χ0) is 15.4. The number of rotatable bonds is 2. The van der Waals surface area contributed by atoms with Gasteiger partial charge in [-0.15, -0.1) is 0 Å². The van der Waals surface area contributed by atoms with Crippen LogP contribution >= 0.6 is 0 Å². The summed E-state index contributed by atoms with van der Waals surface area (Å²) in [5.74, 6) is 0.631. The van der Waals surface area contributed by atoms with Crippen LogP contribution in [0.3, 0.4) is 0 Å². The van der Waals surface area contributed by atoms with E-state index in [2.05, 4.69) is 71.9 Å². The van der Waals surface area contributed by atoms with Crippen molar-refractivity contribution in [2.24, 2.45) is 0 Å². The Labute approximate surface area is 140 Å². The van der Waals surface area contributed by atoms with Crippen molar-refractivity contribution in [2.45, 2.75) is 50.6 Å². The maximum absolute atomic E-state index is 2.50. The molecule has 106 valence electrons. The van der Waals surface area contributed by atoms with Gasteiger partial charge in [0.1, 0.15) is 0 Å². The molecule has 0 saturated heterocycles. The van der Waals surface area contributed by atoms with Crippen molar-refractivity contribution in [1.82, 2.24) is 0 Å². The van der Waals surface area contributed by atoms with E-state index >= 15 is 0 Å². The van der Waals surface area contributed by atoms with Crippen LogP contribution in [-0.4, -0.2) is 0 Å². The second-order valence-electron chi connectivity index (χ2n) is 6.70. The van der Waals surface area contributed by atoms with Crippen molar-refractivity contribution < 1.29 is 23.2 Å². The fourth-order valence-electron chi connectivity index (χ4n) is 3.71. The molecule has 0 amide bonds. The molecule has 1 atom stereocenters. The van der Waals surface area contributed by atoms with Gasteiger partial charge in [0.15, 0.2) is 0 Å². The van der Waals surface area contributed by atoms with E-state index in [0.717, 1.165) is 0 Å². The molecule has 0 spiro atoms. The molecule has 1 aromatic carbocycles. The van der Waals surface area contributed by atoms with Gasteiger partial charge in [0.05, 0.1) is 0 Å². The molecule has 3 rings (SSSR count). The topological polar surface area (TPSA) is 0 Å². The van der Waals surface area contributed by atoms with Gasteiger partial charge in [-0.05, 0) is 0 Å². The van der Waals surface area contributed by atoms with E-state index < -0.39 is 23.2 Å². The average molecular weight is 356 g/mol. The summed E-state index contributed by atoms with van der Waals surface area (Å²) in [6.45, 7) is 14.2. The number of fused-ring (bicyclic) bond motifs is 1. The van der Waals surface area contributed by atoms with Crippen LogP contribution in [0.2, 0.25) is 3.12 Å². The monoisotopic (exact) mass is 354 g/mol. The molecule has 0 radical (unpaired) electrons. The molecular formula is C20H24Zr+2. The Hall–Kier alpha value is -0.677. The van der Waals surface area contributed by atoms with Crippen molar-refractivity contribution in [2.75, 3.05) is 0 Å². The Morgan fingerprint density at radius 2 is 1.52 bits per heavy atom. The first-order valence-corrected chi connectivity index (χ1v) is 10.3. The van der Waals surface area contributed by atoms with Gasteiger partial charge in [-0.1, -0.05) is 0 Å². The van der Waals surface area contributed by atoms with E-state index in [1.807, 2.05) is 0 Å². The molecule has 1 heteroatoms. The van der Waals surface area contributed by atoms with Crippen LogP contribution in [0.25, 0.3) is 6.08 Å². The number of benzene rings is 1. The molecular weight excluding hydrogens is 331 g/mol. The van der Waals surface area contributed by atoms with Crippen LogP contribution in [-0.2, 0) is 23.2 Å². The molecule has 0 heterocycles. The predicted molar refractivity (Wildman–Crippen MR) is 87.9 cm³/mol. The third-order valence-electron chi connectivity index (χ3n) is 5.82. The second-order valence-corrected chi connectivity index (χ2v) is 11.2. The molecule has 0 saturated carbocycles. The Bertz CT molecular complexity index is 676. The minimum atomic E-state index is -0.694. The summed E-state index contributed by atoms with van der Waals surface area (Å²) in [4.78, 5) is 0. The summed E-state index contributed by atoms with van der Waals surface area (Å²) in [5, 5.41) is 0. The molecule has 0 aromatic heterocycles. The fourth-order valence-corrected chi connectivity index (χ4v) is 8.45. The van der Waals surface area contributed by atoms with Gasteiger partial charge < -0.3 is 0 Å². The summed E-state index contributed by atoms with van der Waals surface area (Å²) in [6, 6.07) is 8.93. The average Bonchev–Trinajstić information content (AvgIpc) is 2.86. The minimum absolute atomic E-state index is 0.375. The van der Waals surface area contributed by atoms with E-state index in [1.165, 1.54) is 11.1 Å². The molecule has 1 aromatic rings. The summed E-state index contributed by atoms with van der Waals surface area (Å²) < 4.78 is 2.13. The van der Waals surface area contributed by atoms with Gasteiger partial charge in [-0.2, -0.15) is 0 Å². The fraction of sp³-hybridized carbons (Fsp3) is 0.400. The van der Waals surface area contributed by atoms with Crippen molar-refractivity contribution in [3.63, 3.8) is 0 Å². The van der Waals surface area contributed by atoms with Crippen LogP contribution in [0.4, 0.5) is 0 Å². The summed E-state index contributed by atoms with van der Waals surface area (Å²) in [6.07, 6.45) is 2.50. The first kappa shape index (κ1) is 15.2. The molecule has 0 nitrogen and oxygen atoms in total. The molecule has 0 bridgehead atoms.